The Kier molecular flexibility index (Phi) is 4.48. The van der Waals surface area contributed by atoms with Crippen molar-refractivity contribution < 1.29 is 0 Å². The number of rotatable bonds is 7. The summed E-state index contributed by atoms with van der Waals surface area (Å²) in [5.74, 6) is 0.998. The first-order valence-electron chi connectivity index (χ1n) is 7.58. The van der Waals surface area contributed by atoms with Crippen molar-refractivity contribution in [1.82, 2.24) is 10.2 Å². The molecule has 0 aliphatic heterocycles. The standard InChI is InChI=1S/C15H30N2/c1-4-16-11-15(9-5-6-10-15)12-17(3)13(2)14-7-8-14/h13-14,16H,4-12H2,1-3H3. The van der Waals surface area contributed by atoms with Gasteiger partial charge in [-0.25, -0.2) is 0 Å². The molecule has 2 aliphatic carbocycles. The number of hydrogen-bond donors (Lipinski definition) is 1. The molecule has 0 heterocycles. The molecule has 17 heavy (non-hydrogen) atoms. The molecule has 2 heteroatoms. The Hall–Kier alpha value is -0.0800. The lowest BCUT2D eigenvalue weighted by molar-refractivity contribution is 0.132. The highest BCUT2D eigenvalue weighted by Crippen LogP contribution is 2.40. The lowest BCUT2D eigenvalue weighted by Crippen LogP contribution is -2.44. The fourth-order valence-corrected chi connectivity index (χ4v) is 3.52. The predicted molar refractivity (Wildman–Crippen MR) is 74.3 cm³/mol. The van der Waals surface area contributed by atoms with Gasteiger partial charge in [0.2, 0.25) is 0 Å². The van der Waals surface area contributed by atoms with Crippen LogP contribution in [0.1, 0.15) is 52.4 Å². The van der Waals surface area contributed by atoms with Crippen LogP contribution in [0, 0.1) is 11.3 Å². The lowest BCUT2D eigenvalue weighted by atomic mass is 9.85. The van der Waals surface area contributed by atoms with Gasteiger partial charge in [-0.3, -0.25) is 0 Å². The number of nitrogens with zero attached hydrogens (tertiary/aromatic N) is 1. The molecule has 0 aromatic heterocycles. The minimum absolute atomic E-state index is 0.577. The highest BCUT2D eigenvalue weighted by atomic mass is 15.1. The minimum Gasteiger partial charge on any atom is -0.316 e. The second-order valence-corrected chi connectivity index (χ2v) is 6.48. The Morgan fingerprint density at radius 3 is 2.47 bits per heavy atom. The molecule has 0 radical (unpaired) electrons. The van der Waals surface area contributed by atoms with Crippen LogP contribution in [0.2, 0.25) is 0 Å². The van der Waals surface area contributed by atoms with Crippen LogP contribution >= 0.6 is 0 Å². The van der Waals surface area contributed by atoms with Crippen molar-refractivity contribution in [3.8, 4) is 0 Å². The van der Waals surface area contributed by atoms with Gasteiger partial charge in [0.1, 0.15) is 0 Å². The number of nitrogens with one attached hydrogen (secondary N) is 1. The van der Waals surface area contributed by atoms with Crippen molar-refractivity contribution in [3.63, 3.8) is 0 Å². The predicted octanol–water partition coefficient (Wildman–Crippen LogP) is 2.89. The van der Waals surface area contributed by atoms with E-state index >= 15 is 0 Å². The van der Waals surface area contributed by atoms with Crippen molar-refractivity contribution in [2.75, 3.05) is 26.7 Å². The van der Waals surface area contributed by atoms with Crippen LogP contribution in [-0.2, 0) is 0 Å². The van der Waals surface area contributed by atoms with Crippen LogP contribution in [0.5, 0.6) is 0 Å². The second-order valence-electron chi connectivity index (χ2n) is 6.48. The highest BCUT2D eigenvalue weighted by Gasteiger charge is 2.37. The summed E-state index contributed by atoms with van der Waals surface area (Å²) in [4.78, 5) is 2.64. The molecule has 1 unspecified atom stereocenters. The van der Waals surface area contributed by atoms with E-state index in [1.54, 1.807) is 0 Å². The first-order chi connectivity index (χ1) is 8.17. The molecule has 1 N–H and O–H groups in total. The van der Waals surface area contributed by atoms with Crippen molar-refractivity contribution >= 4 is 0 Å². The quantitative estimate of drug-likeness (QED) is 0.733. The molecule has 2 aliphatic rings. The van der Waals surface area contributed by atoms with Crippen LogP contribution in [-0.4, -0.2) is 37.6 Å². The van der Waals surface area contributed by atoms with Crippen molar-refractivity contribution in [2.45, 2.75) is 58.4 Å². The molecule has 0 bridgehead atoms. The summed E-state index contributed by atoms with van der Waals surface area (Å²) in [6, 6.07) is 0.800. The maximum atomic E-state index is 3.59. The van der Waals surface area contributed by atoms with E-state index in [1.165, 1.54) is 51.6 Å². The van der Waals surface area contributed by atoms with E-state index in [9.17, 15) is 0 Å². The molecule has 2 fully saturated rings. The van der Waals surface area contributed by atoms with Gasteiger partial charge in [-0.15, -0.1) is 0 Å². The third kappa shape index (κ3) is 3.45. The molecule has 0 saturated heterocycles. The van der Waals surface area contributed by atoms with Gasteiger partial charge >= 0.3 is 0 Å². The Bertz CT molecular complexity index is 229. The van der Waals surface area contributed by atoms with Crippen molar-refractivity contribution in [1.29, 1.82) is 0 Å². The van der Waals surface area contributed by atoms with E-state index < -0.39 is 0 Å². The topological polar surface area (TPSA) is 15.3 Å². The monoisotopic (exact) mass is 238 g/mol. The molecule has 0 aromatic rings. The maximum absolute atomic E-state index is 3.59. The zero-order valence-electron chi connectivity index (χ0n) is 12.0. The molecule has 2 nitrogen and oxygen atoms in total. The summed E-state index contributed by atoms with van der Waals surface area (Å²) in [5.41, 5.74) is 0.577. The maximum Gasteiger partial charge on any atom is 0.00923 e. The summed E-state index contributed by atoms with van der Waals surface area (Å²) >= 11 is 0. The van der Waals surface area contributed by atoms with Gasteiger partial charge in [-0.05, 0) is 57.5 Å². The lowest BCUT2D eigenvalue weighted by Gasteiger charge is -2.36. The fourth-order valence-electron chi connectivity index (χ4n) is 3.52. The average Bonchev–Trinajstić information content (AvgIpc) is 3.08. The molecular formula is C15H30N2. The minimum atomic E-state index is 0.577. The second kappa shape index (κ2) is 5.71. The third-order valence-electron chi connectivity index (χ3n) is 5.00. The Labute approximate surface area is 107 Å². The smallest absolute Gasteiger partial charge is 0.00923 e. The molecule has 0 spiro atoms. The van der Waals surface area contributed by atoms with Gasteiger partial charge in [0.25, 0.3) is 0 Å². The summed E-state index contributed by atoms with van der Waals surface area (Å²) in [6.07, 6.45) is 8.68. The highest BCUT2D eigenvalue weighted by molar-refractivity contribution is 4.92. The van der Waals surface area contributed by atoms with Crippen LogP contribution in [0.15, 0.2) is 0 Å². The van der Waals surface area contributed by atoms with Crippen LogP contribution in [0.25, 0.3) is 0 Å². The van der Waals surface area contributed by atoms with E-state index in [0.29, 0.717) is 5.41 Å². The molecular weight excluding hydrogens is 208 g/mol. The van der Waals surface area contributed by atoms with Gasteiger partial charge in [-0.2, -0.15) is 0 Å². The summed E-state index contributed by atoms with van der Waals surface area (Å²) in [5, 5.41) is 3.59. The first kappa shape index (κ1) is 13.4. The largest absolute Gasteiger partial charge is 0.316 e. The molecule has 2 rings (SSSR count). The van der Waals surface area contributed by atoms with Gasteiger partial charge in [-0.1, -0.05) is 19.8 Å². The Balaban J connectivity index is 1.87. The van der Waals surface area contributed by atoms with Crippen molar-refractivity contribution in [3.05, 3.63) is 0 Å². The molecule has 1 atom stereocenters. The van der Waals surface area contributed by atoms with E-state index in [1.807, 2.05) is 0 Å². The summed E-state index contributed by atoms with van der Waals surface area (Å²) in [6.45, 7) is 8.29. The molecule has 0 aromatic carbocycles. The van der Waals surface area contributed by atoms with E-state index in [0.717, 1.165) is 18.5 Å². The van der Waals surface area contributed by atoms with Gasteiger partial charge in [0.15, 0.2) is 0 Å². The van der Waals surface area contributed by atoms with Crippen LogP contribution < -0.4 is 5.32 Å². The van der Waals surface area contributed by atoms with E-state index in [-0.39, 0.29) is 0 Å². The van der Waals surface area contributed by atoms with E-state index in [4.69, 9.17) is 0 Å². The normalized spacial score (nSPS) is 25.4. The fraction of sp³-hybridized carbons (Fsp3) is 1.00. The van der Waals surface area contributed by atoms with E-state index in [2.05, 4.69) is 31.1 Å². The molecule has 0 amide bonds. The SMILES string of the molecule is CCNCC1(CN(C)C(C)C2CC2)CCCC1. The summed E-state index contributed by atoms with van der Waals surface area (Å²) < 4.78 is 0. The van der Waals surface area contributed by atoms with Crippen LogP contribution in [0.4, 0.5) is 0 Å². The first-order valence-corrected chi connectivity index (χ1v) is 7.58. The molecule has 100 valence electrons. The number of hydrogen-bond acceptors (Lipinski definition) is 2. The Morgan fingerprint density at radius 2 is 1.94 bits per heavy atom. The van der Waals surface area contributed by atoms with Crippen molar-refractivity contribution in [2.24, 2.45) is 11.3 Å². The Morgan fingerprint density at radius 1 is 1.29 bits per heavy atom. The van der Waals surface area contributed by atoms with Crippen LogP contribution in [0.3, 0.4) is 0 Å². The third-order valence-corrected chi connectivity index (χ3v) is 5.00. The van der Waals surface area contributed by atoms with Gasteiger partial charge < -0.3 is 10.2 Å². The average molecular weight is 238 g/mol. The summed E-state index contributed by atoms with van der Waals surface area (Å²) in [7, 11) is 2.34. The molecule has 2 saturated carbocycles. The van der Waals surface area contributed by atoms with Gasteiger partial charge in [0.05, 0.1) is 0 Å². The zero-order chi connectivity index (χ0) is 12.3. The zero-order valence-corrected chi connectivity index (χ0v) is 12.0. The van der Waals surface area contributed by atoms with Gasteiger partial charge in [0, 0.05) is 19.1 Å².